The van der Waals surface area contributed by atoms with Crippen LogP contribution in [0.5, 0.6) is 5.75 Å². The molecule has 0 radical (unpaired) electrons. The molecule has 23 heavy (non-hydrogen) atoms. The van der Waals surface area contributed by atoms with Gasteiger partial charge in [0.05, 0.1) is 9.50 Å². The second-order valence-electron chi connectivity index (χ2n) is 5.31. The van der Waals surface area contributed by atoms with Crippen LogP contribution in [0.1, 0.15) is 25.3 Å². The maximum absolute atomic E-state index is 13.1. The van der Waals surface area contributed by atoms with Crippen molar-refractivity contribution < 1.29 is 13.9 Å². The van der Waals surface area contributed by atoms with Gasteiger partial charge in [-0.3, -0.25) is 4.79 Å². The van der Waals surface area contributed by atoms with E-state index in [1.54, 1.807) is 0 Å². The van der Waals surface area contributed by atoms with Crippen LogP contribution in [0, 0.1) is 5.82 Å². The highest BCUT2D eigenvalue weighted by Gasteiger charge is 2.09. The van der Waals surface area contributed by atoms with Crippen molar-refractivity contribution in [3.8, 4) is 5.75 Å². The Balaban J connectivity index is 1.95. The van der Waals surface area contributed by atoms with E-state index in [1.165, 1.54) is 23.8 Å². The van der Waals surface area contributed by atoms with Gasteiger partial charge in [0.15, 0.2) is 6.61 Å². The summed E-state index contributed by atoms with van der Waals surface area (Å²) in [5, 5.41) is 2.55. The summed E-state index contributed by atoms with van der Waals surface area (Å²) in [5.74, 6) is 0.108. The molecule has 1 amide bonds. The molecule has 0 fully saturated rings. The van der Waals surface area contributed by atoms with Crippen LogP contribution in [0.2, 0.25) is 5.02 Å². The van der Waals surface area contributed by atoms with E-state index in [0.717, 1.165) is 4.47 Å². The first kappa shape index (κ1) is 17.8. The smallest absolute Gasteiger partial charge is 0.262 e. The van der Waals surface area contributed by atoms with Gasteiger partial charge < -0.3 is 10.1 Å². The Bertz CT molecular complexity index is 722. The third kappa shape index (κ3) is 4.94. The lowest BCUT2D eigenvalue weighted by molar-refractivity contribution is -0.118. The lowest BCUT2D eigenvalue weighted by Crippen LogP contribution is -2.20. The fraction of sp³-hybridized carbons (Fsp3) is 0.235. The van der Waals surface area contributed by atoms with Gasteiger partial charge in [0.2, 0.25) is 0 Å². The Hall–Kier alpha value is -1.59. The lowest BCUT2D eigenvalue weighted by Gasteiger charge is -2.11. The number of amides is 1. The highest BCUT2D eigenvalue weighted by Crippen LogP contribution is 2.29. The first-order valence-electron chi connectivity index (χ1n) is 7.04. The number of carbonyl (C=O) groups excluding carboxylic acids is 1. The first-order chi connectivity index (χ1) is 10.9. The average Bonchev–Trinajstić information content (AvgIpc) is 2.49. The van der Waals surface area contributed by atoms with Crippen molar-refractivity contribution in [2.45, 2.75) is 19.8 Å². The van der Waals surface area contributed by atoms with Crippen LogP contribution in [0.25, 0.3) is 0 Å². The van der Waals surface area contributed by atoms with Crippen LogP contribution in [0.4, 0.5) is 10.1 Å². The topological polar surface area (TPSA) is 38.3 Å². The van der Waals surface area contributed by atoms with Gasteiger partial charge in [-0.2, -0.15) is 0 Å². The Morgan fingerprint density at radius 3 is 2.65 bits per heavy atom. The Labute approximate surface area is 147 Å². The van der Waals surface area contributed by atoms with Gasteiger partial charge in [-0.05, 0) is 57.7 Å². The molecule has 0 aliphatic carbocycles. The third-order valence-corrected chi connectivity index (χ3v) is 4.09. The average molecular weight is 401 g/mol. The molecule has 0 unspecified atom stereocenters. The molecule has 0 heterocycles. The maximum atomic E-state index is 13.1. The van der Waals surface area contributed by atoms with E-state index >= 15 is 0 Å². The van der Waals surface area contributed by atoms with Gasteiger partial charge in [-0.15, -0.1) is 0 Å². The van der Waals surface area contributed by atoms with Gasteiger partial charge >= 0.3 is 0 Å². The second kappa shape index (κ2) is 7.79. The minimum atomic E-state index is -0.532. The van der Waals surface area contributed by atoms with Gasteiger partial charge in [0.25, 0.3) is 5.91 Å². The predicted molar refractivity (Wildman–Crippen MR) is 93.8 cm³/mol. The highest BCUT2D eigenvalue weighted by atomic mass is 79.9. The first-order valence-corrected chi connectivity index (χ1v) is 8.21. The number of hydrogen-bond acceptors (Lipinski definition) is 2. The molecule has 122 valence electrons. The number of nitrogens with one attached hydrogen (secondary N) is 1. The van der Waals surface area contributed by atoms with E-state index in [-0.39, 0.29) is 17.5 Å². The van der Waals surface area contributed by atoms with Crippen LogP contribution in [0.3, 0.4) is 0 Å². The lowest BCUT2D eigenvalue weighted by atomic mass is 10.0. The number of ether oxygens (including phenoxy) is 1. The monoisotopic (exact) mass is 399 g/mol. The predicted octanol–water partition coefficient (Wildman–Crippen LogP) is 5.38. The van der Waals surface area contributed by atoms with Crippen LogP contribution in [-0.2, 0) is 4.79 Å². The van der Waals surface area contributed by atoms with Crippen LogP contribution < -0.4 is 10.1 Å². The molecule has 0 aromatic heterocycles. The molecule has 0 saturated heterocycles. The fourth-order valence-corrected chi connectivity index (χ4v) is 2.60. The Morgan fingerprint density at radius 1 is 1.30 bits per heavy atom. The number of anilines is 1. The third-order valence-electron chi connectivity index (χ3n) is 3.18. The summed E-state index contributed by atoms with van der Waals surface area (Å²) in [4.78, 5) is 11.9. The normalized spacial score (nSPS) is 10.7. The molecule has 2 aromatic carbocycles. The standard InChI is InChI=1S/C17H16BrClFNO2/c1-10(2)11-3-6-16(13(18)7-11)23-9-17(22)21-12-4-5-15(20)14(19)8-12/h3-8,10H,9H2,1-2H3,(H,21,22). The van der Waals surface area contributed by atoms with Crippen molar-refractivity contribution in [1.82, 2.24) is 0 Å². The van der Waals surface area contributed by atoms with E-state index in [1.807, 2.05) is 18.2 Å². The van der Waals surface area contributed by atoms with Crippen molar-refractivity contribution in [3.05, 3.63) is 57.3 Å². The van der Waals surface area contributed by atoms with E-state index in [0.29, 0.717) is 17.4 Å². The molecule has 0 aliphatic heterocycles. The molecule has 0 saturated carbocycles. The minimum absolute atomic E-state index is 0.0456. The molecule has 2 rings (SSSR count). The second-order valence-corrected chi connectivity index (χ2v) is 6.57. The van der Waals surface area contributed by atoms with Crippen molar-refractivity contribution in [1.29, 1.82) is 0 Å². The fourth-order valence-electron chi connectivity index (χ4n) is 1.91. The van der Waals surface area contributed by atoms with E-state index in [9.17, 15) is 9.18 Å². The van der Waals surface area contributed by atoms with E-state index < -0.39 is 5.82 Å². The largest absolute Gasteiger partial charge is 0.483 e. The number of rotatable bonds is 5. The van der Waals surface area contributed by atoms with Gasteiger partial charge in [-0.25, -0.2) is 4.39 Å². The van der Waals surface area contributed by atoms with Crippen molar-refractivity contribution in [2.75, 3.05) is 11.9 Å². The minimum Gasteiger partial charge on any atom is -0.483 e. The van der Waals surface area contributed by atoms with Crippen LogP contribution >= 0.6 is 27.5 Å². The van der Waals surface area contributed by atoms with Crippen molar-refractivity contribution >= 4 is 39.1 Å². The molecule has 6 heteroatoms. The summed E-state index contributed by atoms with van der Waals surface area (Å²) in [6.45, 7) is 4.04. The SMILES string of the molecule is CC(C)c1ccc(OCC(=O)Nc2ccc(F)c(Cl)c2)c(Br)c1. The molecule has 2 aromatic rings. The summed E-state index contributed by atoms with van der Waals surface area (Å²) >= 11 is 9.10. The summed E-state index contributed by atoms with van der Waals surface area (Å²) in [6, 6.07) is 9.73. The molecular formula is C17H16BrClFNO2. The quantitative estimate of drug-likeness (QED) is 0.731. The van der Waals surface area contributed by atoms with Crippen LogP contribution in [0.15, 0.2) is 40.9 Å². The van der Waals surface area contributed by atoms with Gasteiger partial charge in [0, 0.05) is 5.69 Å². The Morgan fingerprint density at radius 2 is 2.04 bits per heavy atom. The van der Waals surface area contributed by atoms with Gasteiger partial charge in [0.1, 0.15) is 11.6 Å². The molecule has 0 spiro atoms. The number of benzene rings is 2. The summed E-state index contributed by atoms with van der Waals surface area (Å²) < 4.78 is 19.4. The zero-order valence-electron chi connectivity index (χ0n) is 12.7. The number of carbonyl (C=O) groups is 1. The number of halogens is 3. The summed E-state index contributed by atoms with van der Waals surface area (Å²) in [5.41, 5.74) is 1.59. The zero-order valence-corrected chi connectivity index (χ0v) is 15.0. The molecule has 0 bridgehead atoms. The summed E-state index contributed by atoms with van der Waals surface area (Å²) in [6.07, 6.45) is 0. The van der Waals surface area contributed by atoms with Crippen LogP contribution in [-0.4, -0.2) is 12.5 Å². The van der Waals surface area contributed by atoms with Crippen molar-refractivity contribution in [3.63, 3.8) is 0 Å². The zero-order chi connectivity index (χ0) is 17.0. The Kier molecular flexibility index (Phi) is 6.02. The molecular weight excluding hydrogens is 385 g/mol. The van der Waals surface area contributed by atoms with E-state index in [4.69, 9.17) is 16.3 Å². The molecule has 3 nitrogen and oxygen atoms in total. The molecule has 0 aliphatic rings. The maximum Gasteiger partial charge on any atom is 0.262 e. The van der Waals surface area contributed by atoms with E-state index in [2.05, 4.69) is 35.1 Å². The molecule has 0 atom stereocenters. The highest BCUT2D eigenvalue weighted by molar-refractivity contribution is 9.10. The summed E-state index contributed by atoms with van der Waals surface area (Å²) in [7, 11) is 0. The number of hydrogen-bond donors (Lipinski definition) is 1. The van der Waals surface area contributed by atoms with Gasteiger partial charge in [-0.1, -0.05) is 31.5 Å². The molecule has 1 N–H and O–H groups in total. The van der Waals surface area contributed by atoms with Crippen molar-refractivity contribution in [2.24, 2.45) is 0 Å².